The molecule has 2 N–H and O–H groups in total. The van der Waals surface area contributed by atoms with Crippen molar-refractivity contribution in [3.63, 3.8) is 0 Å². The van der Waals surface area contributed by atoms with E-state index in [0.717, 1.165) is 12.1 Å². The first kappa shape index (κ1) is 28.0. The number of aryl methyl sites for hydroxylation is 1. The van der Waals surface area contributed by atoms with Gasteiger partial charge in [0.25, 0.3) is 5.91 Å². The minimum Gasteiger partial charge on any atom is -0.439 e. The highest BCUT2D eigenvalue weighted by molar-refractivity contribution is 6.47. The minimum atomic E-state index is -0.834. The first-order valence-corrected chi connectivity index (χ1v) is 13.7. The molecule has 7 nitrogen and oxygen atoms in total. The molecule has 3 heterocycles. The van der Waals surface area contributed by atoms with Gasteiger partial charge in [0.15, 0.2) is 11.2 Å². The lowest BCUT2D eigenvalue weighted by molar-refractivity contribution is -0.0893. The van der Waals surface area contributed by atoms with Crippen molar-refractivity contribution >= 4 is 24.5 Å². The molecule has 207 valence electrons. The van der Waals surface area contributed by atoms with Gasteiger partial charge in [-0.05, 0) is 56.9 Å². The van der Waals surface area contributed by atoms with Crippen LogP contribution >= 0.6 is 0 Å². The highest BCUT2D eigenvalue weighted by atomic mass is 19.1. The summed E-state index contributed by atoms with van der Waals surface area (Å²) in [5.74, 6) is -0.564. The second kappa shape index (κ2) is 10.4. The third kappa shape index (κ3) is 5.16. The molecule has 1 aliphatic heterocycles. The van der Waals surface area contributed by atoms with E-state index >= 15 is 4.39 Å². The van der Waals surface area contributed by atoms with Gasteiger partial charge in [0.2, 0.25) is 0 Å². The zero-order valence-corrected chi connectivity index (χ0v) is 24.0. The van der Waals surface area contributed by atoms with Crippen molar-refractivity contribution in [2.24, 2.45) is 0 Å². The topological polar surface area (TPSA) is 82.6 Å². The molecule has 0 aliphatic carbocycles. The largest absolute Gasteiger partial charge is 0.439 e. The molecular formula is C31H36BFN4O3+. The Balaban J connectivity index is 1.42. The Morgan fingerprint density at radius 2 is 1.90 bits per heavy atom. The summed E-state index contributed by atoms with van der Waals surface area (Å²) in [6.45, 7) is 11.9. The van der Waals surface area contributed by atoms with Gasteiger partial charge in [0.1, 0.15) is 17.1 Å². The summed E-state index contributed by atoms with van der Waals surface area (Å²) in [6.07, 6.45) is 1.44. The Morgan fingerprint density at radius 1 is 1.15 bits per heavy atom. The van der Waals surface area contributed by atoms with Crippen LogP contribution in [-0.4, -0.2) is 55.7 Å². The van der Waals surface area contributed by atoms with Crippen LogP contribution in [0.4, 0.5) is 4.39 Å². The Hall–Kier alpha value is -3.56. The van der Waals surface area contributed by atoms with Gasteiger partial charge in [0, 0.05) is 37.7 Å². The van der Waals surface area contributed by atoms with Crippen LogP contribution in [0, 0.1) is 5.82 Å². The second-order valence-electron chi connectivity index (χ2n) is 11.5. The lowest BCUT2D eigenvalue weighted by atomic mass is 9.82. The molecule has 1 amide bonds. The molecule has 0 bridgehead atoms. The number of hydrogen-bond donors (Lipinski definition) is 0. The molecule has 2 aromatic carbocycles. The number of aromatic nitrogens is 3. The molecular weight excluding hydrogens is 506 g/mol. The number of fused-ring (bicyclic) bond motifs is 2. The lowest BCUT2D eigenvalue weighted by Crippen LogP contribution is -2.49. The first-order valence-electron chi connectivity index (χ1n) is 13.7. The maximum absolute atomic E-state index is 15.3. The van der Waals surface area contributed by atoms with Gasteiger partial charge in [-0.2, -0.15) is 5.10 Å². The zero-order valence-electron chi connectivity index (χ0n) is 24.0. The summed E-state index contributed by atoms with van der Waals surface area (Å²) in [4.78, 5) is 20.2. The van der Waals surface area contributed by atoms with Crippen LogP contribution in [0.5, 0.6) is 0 Å². The molecule has 40 heavy (non-hydrogen) atoms. The van der Waals surface area contributed by atoms with Gasteiger partial charge in [-0.3, -0.25) is 4.79 Å². The third-order valence-electron chi connectivity index (χ3n) is 8.20. The van der Waals surface area contributed by atoms with Crippen LogP contribution in [0.2, 0.25) is 0 Å². The van der Waals surface area contributed by atoms with Crippen molar-refractivity contribution in [2.75, 3.05) is 6.54 Å². The fourth-order valence-electron chi connectivity index (χ4n) is 4.90. The van der Waals surface area contributed by atoms with Crippen molar-refractivity contribution in [1.82, 2.24) is 19.5 Å². The number of nitrogens with zero attached hydrogens (tertiary/aromatic N) is 4. The van der Waals surface area contributed by atoms with E-state index in [4.69, 9.17) is 9.76 Å². The number of amides is 1. The number of carbonyl (C=O) groups is 1. The summed E-state index contributed by atoms with van der Waals surface area (Å²) >= 11 is 0. The normalized spacial score (nSPS) is 15.8. The predicted molar refractivity (Wildman–Crippen MR) is 156 cm³/mol. The number of rotatable bonds is 7. The summed E-state index contributed by atoms with van der Waals surface area (Å²) < 4.78 is 22.8. The van der Waals surface area contributed by atoms with E-state index in [9.17, 15) is 4.79 Å². The molecule has 0 fully saturated rings. The fourth-order valence-corrected chi connectivity index (χ4v) is 4.90. The van der Waals surface area contributed by atoms with Crippen molar-refractivity contribution in [2.45, 2.75) is 71.6 Å². The van der Waals surface area contributed by atoms with E-state index in [0.29, 0.717) is 41.0 Å². The van der Waals surface area contributed by atoms with Crippen LogP contribution in [0.1, 0.15) is 74.9 Å². The van der Waals surface area contributed by atoms with Gasteiger partial charge < -0.3 is 14.7 Å². The molecule has 5 rings (SSSR count). The average Bonchev–Trinajstić information content (AvgIpc) is 3.35. The van der Waals surface area contributed by atoms with E-state index in [-0.39, 0.29) is 11.9 Å². The minimum absolute atomic E-state index is 0.0489. The van der Waals surface area contributed by atoms with Crippen LogP contribution in [-0.2, 0) is 17.5 Å². The molecule has 0 unspecified atom stereocenters. The highest BCUT2D eigenvalue weighted by Gasteiger charge is 2.40. The van der Waals surface area contributed by atoms with Crippen molar-refractivity contribution in [1.29, 1.82) is 0 Å². The smallest absolute Gasteiger partial charge is 0.331 e. The molecule has 9 heteroatoms. The lowest BCUT2D eigenvalue weighted by Gasteiger charge is -2.35. The summed E-state index contributed by atoms with van der Waals surface area (Å²) in [7, 11) is 1.49. The zero-order chi connectivity index (χ0) is 28.8. The average molecular weight is 542 g/mol. The molecule has 4 aromatic rings. The molecule has 0 spiro atoms. The van der Waals surface area contributed by atoms with Crippen molar-refractivity contribution in [3.05, 3.63) is 82.9 Å². The second-order valence-corrected chi connectivity index (χ2v) is 11.5. The SMILES string of the molecule is CCc1cc(C(=O)N2CCc3ccccc3[C@H]2C)nc2cc(-c3ccc([B]OC(C)(C)C(C)(C)[OH2+])cc3F)nn12. The Bertz CT molecular complexity index is 1580. The monoisotopic (exact) mass is 542 g/mol. The third-order valence-corrected chi connectivity index (χ3v) is 8.20. The van der Waals surface area contributed by atoms with Crippen LogP contribution in [0.25, 0.3) is 16.9 Å². The Morgan fingerprint density at radius 3 is 2.60 bits per heavy atom. The molecule has 1 aliphatic rings. The molecule has 0 saturated carbocycles. The van der Waals surface area contributed by atoms with Crippen molar-refractivity contribution in [3.8, 4) is 11.3 Å². The number of halogens is 1. The molecule has 1 atom stereocenters. The maximum Gasteiger partial charge on any atom is 0.331 e. The number of benzene rings is 2. The van der Waals surface area contributed by atoms with E-state index in [1.807, 2.05) is 37.8 Å². The van der Waals surface area contributed by atoms with E-state index in [1.165, 1.54) is 24.7 Å². The Kier molecular flexibility index (Phi) is 7.31. The van der Waals surface area contributed by atoms with Crippen LogP contribution in [0.3, 0.4) is 0 Å². The predicted octanol–water partition coefficient (Wildman–Crippen LogP) is 4.40. The molecule has 1 radical (unpaired) electrons. The van der Waals surface area contributed by atoms with Gasteiger partial charge in [-0.25, -0.2) is 13.9 Å². The molecule has 0 saturated heterocycles. The van der Waals surface area contributed by atoms with E-state index in [1.54, 1.807) is 42.6 Å². The fraction of sp³-hybridized carbons (Fsp3) is 0.387. The van der Waals surface area contributed by atoms with Crippen LogP contribution < -0.4 is 5.46 Å². The highest BCUT2D eigenvalue weighted by Crippen LogP contribution is 2.31. The van der Waals surface area contributed by atoms with E-state index < -0.39 is 17.0 Å². The summed E-state index contributed by atoms with van der Waals surface area (Å²) in [5, 5.41) is 12.9. The Labute approximate surface area is 235 Å². The maximum atomic E-state index is 15.3. The van der Waals surface area contributed by atoms with Crippen LogP contribution in [0.15, 0.2) is 54.6 Å². The molecule has 2 aromatic heterocycles. The first-order chi connectivity index (χ1) is 18.9. The van der Waals surface area contributed by atoms with Gasteiger partial charge in [-0.15, -0.1) is 0 Å². The number of hydrogen-bond acceptors (Lipinski definition) is 4. The summed E-state index contributed by atoms with van der Waals surface area (Å²) in [6, 6.07) is 16.5. The van der Waals surface area contributed by atoms with Gasteiger partial charge >= 0.3 is 7.48 Å². The summed E-state index contributed by atoms with van der Waals surface area (Å²) in [5.41, 5.74) is 3.87. The van der Waals surface area contributed by atoms with Gasteiger partial charge in [-0.1, -0.05) is 48.8 Å². The van der Waals surface area contributed by atoms with Crippen molar-refractivity contribution < 1.29 is 18.9 Å². The van der Waals surface area contributed by atoms with Gasteiger partial charge in [0.05, 0.1) is 11.7 Å². The standard InChI is InChI=1S/C31H35BFN4O3/c1-7-22-17-27(29(38)36-15-14-20-10-8-9-11-23(20)19(36)2)34-28-18-26(35-37(22)28)24-13-12-21(16-25(24)33)32-40-31(5,6)30(3,4)39/h8-13,16-19,39H,7,14-15H2,1-6H3/p+1/t19-/m1/s1. The quantitative estimate of drug-likeness (QED) is 0.256. The number of carbonyl (C=O) groups excluding carboxylic acids is 1. The van der Waals surface area contributed by atoms with E-state index in [2.05, 4.69) is 29.1 Å².